The first-order valence-electron chi connectivity index (χ1n) is 5.64. The van der Waals surface area contributed by atoms with Crippen LogP contribution in [0, 0.1) is 5.92 Å². The van der Waals surface area contributed by atoms with Crippen LogP contribution in [0.25, 0.3) is 0 Å². The molecule has 4 nitrogen and oxygen atoms in total. The zero-order chi connectivity index (χ0) is 12.9. The molecule has 1 saturated heterocycles. The molecule has 2 atom stereocenters. The maximum absolute atomic E-state index is 12.6. The highest BCUT2D eigenvalue weighted by Crippen LogP contribution is 2.35. The first-order chi connectivity index (χ1) is 7.91. The van der Waals surface area contributed by atoms with Crippen LogP contribution < -0.4 is 10.6 Å². The number of carboxylic acid groups (broad SMARTS) is 1. The van der Waals surface area contributed by atoms with Crippen molar-refractivity contribution in [1.29, 1.82) is 0 Å². The summed E-state index contributed by atoms with van der Waals surface area (Å²) in [5.74, 6) is -2.19. The van der Waals surface area contributed by atoms with Crippen molar-refractivity contribution in [2.45, 2.75) is 31.5 Å². The van der Waals surface area contributed by atoms with E-state index < -0.39 is 24.1 Å². The van der Waals surface area contributed by atoms with E-state index in [1.807, 2.05) is 0 Å². The maximum atomic E-state index is 12.6. The maximum Gasteiger partial charge on any atom is 0.393 e. The van der Waals surface area contributed by atoms with Crippen LogP contribution in [0.1, 0.15) is 19.3 Å². The smallest absolute Gasteiger partial charge is 0.393 e. The lowest BCUT2D eigenvalue weighted by molar-refractivity contribution is -0.176. The number of rotatable bonds is 6. The first kappa shape index (κ1) is 14.2. The van der Waals surface area contributed by atoms with Gasteiger partial charge in [-0.2, -0.15) is 13.2 Å². The van der Waals surface area contributed by atoms with E-state index in [0.29, 0.717) is 26.1 Å². The number of nitrogens with one attached hydrogen (secondary N) is 2. The Hall–Kier alpha value is -0.820. The fourth-order valence-corrected chi connectivity index (χ4v) is 2.04. The largest absolute Gasteiger partial charge is 0.481 e. The van der Waals surface area contributed by atoms with Crippen LogP contribution in [0.2, 0.25) is 0 Å². The number of carboxylic acids is 1. The Morgan fingerprint density at radius 3 is 2.71 bits per heavy atom. The Morgan fingerprint density at radius 1 is 1.41 bits per heavy atom. The quantitative estimate of drug-likeness (QED) is 0.618. The summed E-state index contributed by atoms with van der Waals surface area (Å²) in [5, 5.41) is 14.0. The van der Waals surface area contributed by atoms with Gasteiger partial charge in [0.1, 0.15) is 0 Å². The lowest BCUT2D eigenvalue weighted by Crippen LogP contribution is -2.38. The number of carbonyl (C=O) groups is 1. The fourth-order valence-electron chi connectivity index (χ4n) is 2.04. The third kappa shape index (κ3) is 4.91. The molecule has 0 aliphatic carbocycles. The third-order valence-corrected chi connectivity index (χ3v) is 2.92. The second-order valence-electron chi connectivity index (χ2n) is 4.18. The van der Waals surface area contributed by atoms with Gasteiger partial charge in [0.2, 0.25) is 0 Å². The molecule has 1 rings (SSSR count). The summed E-state index contributed by atoms with van der Waals surface area (Å²) < 4.78 is 37.7. The van der Waals surface area contributed by atoms with E-state index in [1.165, 1.54) is 0 Å². The van der Waals surface area contributed by atoms with Gasteiger partial charge in [-0.25, -0.2) is 0 Å². The topological polar surface area (TPSA) is 61.4 Å². The molecule has 17 heavy (non-hydrogen) atoms. The molecule has 7 heteroatoms. The summed E-state index contributed by atoms with van der Waals surface area (Å²) in [6.45, 7) is 1.08. The van der Waals surface area contributed by atoms with Gasteiger partial charge in [-0.15, -0.1) is 0 Å². The Balaban J connectivity index is 2.20. The van der Waals surface area contributed by atoms with Gasteiger partial charge in [0, 0.05) is 12.6 Å². The zero-order valence-corrected chi connectivity index (χ0v) is 9.39. The minimum atomic E-state index is -4.14. The van der Waals surface area contributed by atoms with Crippen LogP contribution in [0.4, 0.5) is 13.2 Å². The molecular weight excluding hydrogens is 237 g/mol. The van der Waals surface area contributed by atoms with Gasteiger partial charge in [0.25, 0.3) is 0 Å². The Morgan fingerprint density at radius 2 is 2.12 bits per heavy atom. The Labute approximate surface area is 97.6 Å². The monoisotopic (exact) mass is 254 g/mol. The van der Waals surface area contributed by atoms with Gasteiger partial charge in [0.15, 0.2) is 0 Å². The summed E-state index contributed by atoms with van der Waals surface area (Å²) in [5.41, 5.74) is 0. The molecule has 1 aliphatic heterocycles. The molecule has 0 aromatic carbocycles. The molecule has 0 spiro atoms. The van der Waals surface area contributed by atoms with Gasteiger partial charge < -0.3 is 15.7 Å². The van der Waals surface area contributed by atoms with Crippen molar-refractivity contribution >= 4 is 5.97 Å². The molecule has 1 fully saturated rings. The second-order valence-corrected chi connectivity index (χ2v) is 4.18. The van der Waals surface area contributed by atoms with Crippen molar-refractivity contribution in [2.75, 3.05) is 19.6 Å². The van der Waals surface area contributed by atoms with Crippen molar-refractivity contribution in [3.63, 3.8) is 0 Å². The van der Waals surface area contributed by atoms with Crippen molar-refractivity contribution in [3.05, 3.63) is 0 Å². The van der Waals surface area contributed by atoms with Crippen LogP contribution in [0.3, 0.4) is 0 Å². The van der Waals surface area contributed by atoms with Crippen molar-refractivity contribution in [3.8, 4) is 0 Å². The Kier molecular flexibility index (Phi) is 5.20. The standard InChI is InChI=1S/C10H17F3N2O2/c11-10(12,13)7-1-6-15-8(7)2-4-14-5-3-9(16)17/h7-8,14-15H,1-6H2,(H,16,17). The Bertz CT molecular complexity index is 258. The normalized spacial score (nSPS) is 25.1. The number of halogens is 3. The van der Waals surface area contributed by atoms with Gasteiger partial charge in [-0.1, -0.05) is 0 Å². The van der Waals surface area contributed by atoms with E-state index in [4.69, 9.17) is 5.11 Å². The third-order valence-electron chi connectivity index (χ3n) is 2.92. The molecule has 0 aromatic heterocycles. The van der Waals surface area contributed by atoms with Gasteiger partial charge >= 0.3 is 12.1 Å². The number of hydrogen-bond acceptors (Lipinski definition) is 3. The van der Waals surface area contributed by atoms with Crippen molar-refractivity contribution in [1.82, 2.24) is 10.6 Å². The average molecular weight is 254 g/mol. The van der Waals surface area contributed by atoms with E-state index in [9.17, 15) is 18.0 Å². The van der Waals surface area contributed by atoms with E-state index in [0.717, 1.165) is 0 Å². The minimum absolute atomic E-state index is 0.0131. The number of hydrogen-bond donors (Lipinski definition) is 3. The van der Waals surface area contributed by atoms with Crippen LogP contribution >= 0.6 is 0 Å². The summed E-state index contributed by atoms with van der Waals surface area (Å²) in [7, 11) is 0. The predicted molar refractivity (Wildman–Crippen MR) is 55.7 cm³/mol. The second kappa shape index (κ2) is 6.20. The van der Waals surface area contributed by atoms with E-state index in [1.54, 1.807) is 0 Å². The van der Waals surface area contributed by atoms with Gasteiger partial charge in [-0.3, -0.25) is 4.79 Å². The molecule has 0 bridgehead atoms. The SMILES string of the molecule is O=C(O)CCNCCC1NCCC1C(F)(F)F. The first-order valence-corrected chi connectivity index (χ1v) is 5.64. The zero-order valence-electron chi connectivity index (χ0n) is 9.39. The summed E-state index contributed by atoms with van der Waals surface area (Å²) >= 11 is 0. The van der Waals surface area contributed by atoms with Gasteiger partial charge in [0.05, 0.1) is 12.3 Å². The molecule has 0 aromatic rings. The molecule has 2 unspecified atom stereocenters. The average Bonchev–Trinajstić information content (AvgIpc) is 2.64. The highest BCUT2D eigenvalue weighted by Gasteiger charge is 2.46. The summed E-state index contributed by atoms with van der Waals surface area (Å²) in [6, 6.07) is -0.549. The molecule has 100 valence electrons. The highest BCUT2D eigenvalue weighted by atomic mass is 19.4. The number of alkyl halides is 3. The lowest BCUT2D eigenvalue weighted by atomic mass is 9.97. The summed E-state index contributed by atoms with van der Waals surface area (Å²) in [4.78, 5) is 10.2. The molecule has 1 heterocycles. The predicted octanol–water partition coefficient (Wildman–Crippen LogP) is 0.981. The summed E-state index contributed by atoms with van der Waals surface area (Å²) in [6.07, 6.45) is -3.66. The molecule has 3 N–H and O–H groups in total. The van der Waals surface area contributed by atoms with E-state index in [2.05, 4.69) is 10.6 Å². The van der Waals surface area contributed by atoms with Crippen LogP contribution in [-0.4, -0.2) is 42.9 Å². The van der Waals surface area contributed by atoms with E-state index in [-0.39, 0.29) is 12.8 Å². The molecule has 0 amide bonds. The molecule has 1 aliphatic rings. The fraction of sp³-hybridized carbons (Fsp3) is 0.900. The van der Waals surface area contributed by atoms with Crippen molar-refractivity contribution in [2.24, 2.45) is 5.92 Å². The van der Waals surface area contributed by atoms with Crippen LogP contribution in [-0.2, 0) is 4.79 Å². The van der Waals surface area contributed by atoms with Crippen LogP contribution in [0.5, 0.6) is 0 Å². The number of aliphatic carboxylic acids is 1. The van der Waals surface area contributed by atoms with E-state index >= 15 is 0 Å². The van der Waals surface area contributed by atoms with Crippen LogP contribution in [0.15, 0.2) is 0 Å². The molecule has 0 saturated carbocycles. The van der Waals surface area contributed by atoms with Crippen molar-refractivity contribution < 1.29 is 23.1 Å². The molecule has 0 radical (unpaired) electrons. The van der Waals surface area contributed by atoms with Gasteiger partial charge in [-0.05, 0) is 25.9 Å². The lowest BCUT2D eigenvalue weighted by Gasteiger charge is -2.22. The molecular formula is C10H17F3N2O2. The highest BCUT2D eigenvalue weighted by molar-refractivity contribution is 5.66. The minimum Gasteiger partial charge on any atom is -0.481 e.